The normalized spacial score (nSPS) is 38.3. The third-order valence-electron chi connectivity index (χ3n) is 7.76. The summed E-state index contributed by atoms with van der Waals surface area (Å²) in [5, 5.41) is 0. The van der Waals surface area contributed by atoms with Crippen LogP contribution in [0.5, 0.6) is 0 Å². The molecule has 0 unspecified atom stereocenters. The van der Waals surface area contributed by atoms with Gasteiger partial charge in [0.25, 0.3) is 0 Å². The molecule has 2 radical (unpaired) electrons. The summed E-state index contributed by atoms with van der Waals surface area (Å²) in [5.74, 6) is 2.95. The van der Waals surface area contributed by atoms with Crippen molar-refractivity contribution in [1.82, 2.24) is 4.90 Å². The van der Waals surface area contributed by atoms with Gasteiger partial charge in [0, 0.05) is 23.3 Å². The summed E-state index contributed by atoms with van der Waals surface area (Å²) < 4.78 is 0. The fourth-order valence-corrected chi connectivity index (χ4v) is 7.56. The second-order valence-electron chi connectivity index (χ2n) is 10.7. The van der Waals surface area contributed by atoms with Crippen LogP contribution in [0.4, 0.5) is 5.69 Å². The molecule has 2 heteroatoms. The maximum atomic E-state index is 3.92. The molecule has 4 saturated carbocycles. The number of benzene rings is 1. The number of anilines is 1. The first-order valence-electron chi connectivity index (χ1n) is 10.7. The minimum atomic E-state index is 0.162. The Morgan fingerprint density at radius 2 is 1.38 bits per heavy atom. The molecule has 2 nitrogen and oxygen atoms in total. The number of aryl methyl sites for hydroxylation is 3. The molecule has 0 N–H and O–H groups in total. The summed E-state index contributed by atoms with van der Waals surface area (Å²) >= 11 is 0. The summed E-state index contributed by atoms with van der Waals surface area (Å²) in [7, 11) is 0. The molecule has 26 heavy (non-hydrogen) atoms. The van der Waals surface area contributed by atoms with Crippen LogP contribution in [0.25, 0.3) is 0 Å². The molecule has 0 amide bonds. The Morgan fingerprint density at radius 1 is 0.885 bits per heavy atom. The van der Waals surface area contributed by atoms with E-state index in [2.05, 4.69) is 63.2 Å². The minimum Gasteiger partial charge on any atom is -0.344 e. The van der Waals surface area contributed by atoms with E-state index in [4.69, 9.17) is 0 Å². The average Bonchev–Trinajstić information content (AvgIpc) is 2.80. The van der Waals surface area contributed by atoms with E-state index in [0.717, 1.165) is 24.3 Å². The van der Waals surface area contributed by atoms with Crippen molar-refractivity contribution in [1.29, 1.82) is 0 Å². The summed E-state index contributed by atoms with van der Waals surface area (Å²) in [4.78, 5) is 5.16. The van der Waals surface area contributed by atoms with E-state index in [-0.39, 0.29) is 5.54 Å². The lowest BCUT2D eigenvalue weighted by Gasteiger charge is -2.61. The summed E-state index contributed by atoms with van der Waals surface area (Å²) in [5.41, 5.74) is 6.07. The third-order valence-corrected chi connectivity index (χ3v) is 7.76. The first-order valence-corrected chi connectivity index (χ1v) is 10.7. The van der Waals surface area contributed by atoms with Crippen molar-refractivity contribution in [3.63, 3.8) is 0 Å². The molecule has 6 rings (SSSR count). The van der Waals surface area contributed by atoms with Crippen molar-refractivity contribution in [2.45, 2.75) is 84.2 Å². The Bertz CT molecular complexity index is 673. The fraction of sp³-hybridized carbons (Fsp3) is 0.708. The highest BCUT2D eigenvalue weighted by Gasteiger charge is 2.58. The number of hydrogen-bond donors (Lipinski definition) is 0. The monoisotopic (exact) mass is 350 g/mol. The quantitative estimate of drug-likeness (QED) is 0.697. The molecule has 4 aliphatic carbocycles. The van der Waals surface area contributed by atoms with Gasteiger partial charge >= 0.3 is 0 Å². The largest absolute Gasteiger partial charge is 0.344 e. The van der Waals surface area contributed by atoms with E-state index in [1.807, 2.05) is 0 Å². The number of hydrogen-bond acceptors (Lipinski definition) is 2. The maximum Gasteiger partial charge on any atom is 0.178 e. The Morgan fingerprint density at radius 3 is 1.88 bits per heavy atom. The lowest BCUT2D eigenvalue weighted by molar-refractivity contribution is -0.0975. The van der Waals surface area contributed by atoms with Gasteiger partial charge in [0.15, 0.2) is 6.67 Å². The second kappa shape index (κ2) is 5.50. The van der Waals surface area contributed by atoms with E-state index >= 15 is 0 Å². The molecule has 0 spiro atoms. The first-order chi connectivity index (χ1) is 12.3. The Kier molecular flexibility index (Phi) is 3.62. The molecule has 0 atom stereocenters. The van der Waals surface area contributed by atoms with E-state index in [1.54, 1.807) is 0 Å². The lowest BCUT2D eigenvalue weighted by atomic mass is 9.52. The molecule has 140 valence electrons. The average molecular weight is 351 g/mol. The van der Waals surface area contributed by atoms with Crippen molar-refractivity contribution >= 4 is 5.69 Å². The molecule has 0 aromatic heterocycles. The van der Waals surface area contributed by atoms with Crippen LogP contribution in [0, 0.1) is 45.2 Å². The predicted octanol–water partition coefficient (Wildman–Crippen LogP) is 5.48. The highest BCUT2D eigenvalue weighted by atomic mass is 15.4. The van der Waals surface area contributed by atoms with Crippen LogP contribution in [0.1, 0.15) is 69.1 Å². The molecule has 1 aromatic carbocycles. The standard InChI is InChI=1S/C24H34N2/c1-16-6-17(2)22(18(3)7-16)25-14-23(4,5)26(15-25)24-11-19-8-20(12-24)10-21(9-19)13-24/h6-7,19-21H,8-14H2,1-5H3. The maximum absolute atomic E-state index is 3.92. The van der Waals surface area contributed by atoms with Crippen molar-refractivity contribution in [3.8, 4) is 0 Å². The van der Waals surface area contributed by atoms with Crippen LogP contribution in [0.3, 0.4) is 0 Å². The van der Waals surface area contributed by atoms with Crippen molar-refractivity contribution in [2.75, 3.05) is 11.4 Å². The van der Waals surface area contributed by atoms with Crippen molar-refractivity contribution in [3.05, 3.63) is 35.5 Å². The Balaban J connectivity index is 1.48. The molecular weight excluding hydrogens is 316 g/mol. The third kappa shape index (κ3) is 2.47. The fourth-order valence-electron chi connectivity index (χ4n) is 7.56. The smallest absolute Gasteiger partial charge is 0.178 e. The zero-order chi connectivity index (χ0) is 18.3. The van der Waals surface area contributed by atoms with E-state index in [0.29, 0.717) is 5.54 Å². The molecule has 1 saturated heterocycles. The van der Waals surface area contributed by atoms with Crippen LogP contribution in [0.15, 0.2) is 12.1 Å². The first kappa shape index (κ1) is 17.1. The number of rotatable bonds is 2. The topological polar surface area (TPSA) is 6.48 Å². The van der Waals surface area contributed by atoms with Crippen molar-refractivity contribution < 1.29 is 0 Å². The zero-order valence-electron chi connectivity index (χ0n) is 17.2. The Labute approximate surface area is 159 Å². The van der Waals surface area contributed by atoms with Crippen LogP contribution >= 0.6 is 0 Å². The summed E-state index contributed by atoms with van der Waals surface area (Å²) in [6.07, 6.45) is 8.76. The molecule has 4 bridgehead atoms. The van der Waals surface area contributed by atoms with Gasteiger partial charge in [-0.2, -0.15) is 0 Å². The zero-order valence-corrected chi connectivity index (χ0v) is 17.2. The highest BCUT2D eigenvalue weighted by Crippen LogP contribution is 2.60. The van der Waals surface area contributed by atoms with Gasteiger partial charge in [0.2, 0.25) is 0 Å². The molecule has 5 aliphatic rings. The molecule has 1 aliphatic heterocycles. The molecular formula is C24H34N2. The van der Waals surface area contributed by atoms with E-state index in [1.165, 1.54) is 60.9 Å². The second-order valence-corrected chi connectivity index (χ2v) is 10.7. The van der Waals surface area contributed by atoms with Crippen LogP contribution in [0.2, 0.25) is 0 Å². The summed E-state index contributed by atoms with van der Waals surface area (Å²) in [6.45, 7) is 16.6. The van der Waals surface area contributed by atoms with Gasteiger partial charge in [-0.25, -0.2) is 0 Å². The van der Waals surface area contributed by atoms with Gasteiger partial charge in [-0.3, -0.25) is 4.90 Å². The molecule has 1 aromatic rings. The minimum absolute atomic E-state index is 0.162. The van der Waals surface area contributed by atoms with Crippen LogP contribution in [-0.4, -0.2) is 22.5 Å². The highest BCUT2D eigenvalue weighted by molar-refractivity contribution is 5.62. The molecule has 1 heterocycles. The van der Waals surface area contributed by atoms with Crippen molar-refractivity contribution in [2.24, 2.45) is 17.8 Å². The van der Waals surface area contributed by atoms with Crippen LogP contribution < -0.4 is 4.90 Å². The van der Waals surface area contributed by atoms with Gasteiger partial charge in [-0.1, -0.05) is 17.7 Å². The lowest BCUT2D eigenvalue weighted by Crippen LogP contribution is -2.62. The summed E-state index contributed by atoms with van der Waals surface area (Å²) in [6, 6.07) is 4.65. The Hall–Kier alpha value is -1.02. The van der Waals surface area contributed by atoms with Gasteiger partial charge in [0.05, 0.1) is 0 Å². The molecule has 5 fully saturated rings. The predicted molar refractivity (Wildman–Crippen MR) is 108 cm³/mol. The van der Waals surface area contributed by atoms with Gasteiger partial charge in [-0.15, -0.1) is 0 Å². The van der Waals surface area contributed by atoms with Gasteiger partial charge in [-0.05, 0) is 102 Å². The van der Waals surface area contributed by atoms with Crippen LogP contribution in [-0.2, 0) is 0 Å². The van der Waals surface area contributed by atoms with E-state index in [9.17, 15) is 0 Å². The SMILES string of the molecule is Cc1cc(C)c(N2[C]N(C34CC5CC(CC(C5)C3)C4)C(C)(C)C2)c(C)c1. The van der Waals surface area contributed by atoms with E-state index < -0.39 is 0 Å². The van der Waals surface area contributed by atoms with Gasteiger partial charge in [0.1, 0.15) is 0 Å². The number of nitrogens with zero attached hydrogens (tertiary/aromatic N) is 2. The van der Waals surface area contributed by atoms with Gasteiger partial charge < -0.3 is 4.90 Å².